The van der Waals surface area contributed by atoms with Crippen LogP contribution >= 0.6 is 15.9 Å². The first-order chi connectivity index (χ1) is 15.5. The molecule has 33 heavy (non-hydrogen) atoms. The van der Waals surface area contributed by atoms with Crippen molar-refractivity contribution in [1.29, 1.82) is 0 Å². The molecule has 0 radical (unpaired) electrons. The number of hydrogen-bond acceptors (Lipinski definition) is 4. The van der Waals surface area contributed by atoms with Crippen molar-refractivity contribution in [3.63, 3.8) is 0 Å². The highest BCUT2D eigenvalue weighted by molar-refractivity contribution is 9.10. The smallest absolute Gasteiger partial charge is 0.336 e. The van der Waals surface area contributed by atoms with Crippen molar-refractivity contribution in [2.24, 2.45) is 5.14 Å². The fraction of sp³-hybridized carbons (Fsp3) is 0.0909. The van der Waals surface area contributed by atoms with Crippen LogP contribution in [0.15, 0.2) is 71.3 Å². The van der Waals surface area contributed by atoms with Crippen LogP contribution in [-0.4, -0.2) is 29.3 Å². The third-order valence-electron chi connectivity index (χ3n) is 4.56. The minimum atomic E-state index is -3.58. The van der Waals surface area contributed by atoms with Gasteiger partial charge in [0, 0.05) is 11.9 Å². The molecule has 0 unspecified atom stereocenters. The molecule has 4 N–H and O–H groups in total. The van der Waals surface area contributed by atoms with E-state index in [2.05, 4.69) is 25.8 Å². The first-order valence-corrected chi connectivity index (χ1v) is 11.9. The number of halogens is 2. The van der Waals surface area contributed by atoms with Gasteiger partial charge in [0.05, 0.1) is 16.8 Å². The summed E-state index contributed by atoms with van der Waals surface area (Å²) in [7, 11) is -3.58. The summed E-state index contributed by atoms with van der Waals surface area (Å²) in [5.41, 5.74) is 3.50. The molecule has 8 nitrogen and oxygen atoms in total. The standard InChI is InChI=1S/C14H8BrFN2O2.C8H12N2O2S/c15-13-12-10(14(19)20)2-1-3-11(12)18(17-13)9-6-4-8(16)5-7-9;1-7-2-4-8(5-3-7)6-10-13(9,11)12/h1-7H,(H,19,20);2-5,10H,6H2,1H3,(H2,9,11,12). The summed E-state index contributed by atoms with van der Waals surface area (Å²) in [5, 5.41) is 18.8. The molecule has 0 atom stereocenters. The predicted molar refractivity (Wildman–Crippen MR) is 127 cm³/mol. The van der Waals surface area contributed by atoms with E-state index in [4.69, 9.17) is 5.14 Å². The molecule has 0 spiro atoms. The van der Waals surface area contributed by atoms with Crippen LogP contribution in [0.5, 0.6) is 0 Å². The molecular formula is C22H20BrFN4O4S. The summed E-state index contributed by atoms with van der Waals surface area (Å²) in [5.74, 6) is -1.36. The maximum atomic E-state index is 13.0. The van der Waals surface area contributed by atoms with Crippen molar-refractivity contribution in [2.75, 3.05) is 0 Å². The van der Waals surface area contributed by atoms with Gasteiger partial charge in [0.1, 0.15) is 10.4 Å². The normalized spacial score (nSPS) is 11.2. The number of carboxylic acids is 1. The molecule has 11 heteroatoms. The highest BCUT2D eigenvalue weighted by Crippen LogP contribution is 2.29. The maximum Gasteiger partial charge on any atom is 0.336 e. The van der Waals surface area contributed by atoms with Gasteiger partial charge in [-0.1, -0.05) is 35.9 Å². The lowest BCUT2D eigenvalue weighted by molar-refractivity contribution is 0.0699. The number of carbonyl (C=O) groups is 1. The minimum Gasteiger partial charge on any atom is -0.478 e. The monoisotopic (exact) mass is 534 g/mol. The van der Waals surface area contributed by atoms with Crippen molar-refractivity contribution in [3.05, 3.63) is 93.8 Å². The first-order valence-electron chi connectivity index (χ1n) is 9.54. The van der Waals surface area contributed by atoms with Gasteiger partial charge in [-0.05, 0) is 64.8 Å². The molecular weight excluding hydrogens is 515 g/mol. The molecule has 0 aliphatic carbocycles. The number of aromatic carboxylic acids is 1. The first kappa shape index (κ1) is 24.5. The topological polar surface area (TPSA) is 127 Å². The van der Waals surface area contributed by atoms with Gasteiger partial charge in [-0.15, -0.1) is 0 Å². The maximum absolute atomic E-state index is 13.0. The van der Waals surface area contributed by atoms with Crippen molar-refractivity contribution in [2.45, 2.75) is 13.5 Å². The number of fused-ring (bicyclic) bond motifs is 1. The zero-order chi connectivity index (χ0) is 24.2. The van der Waals surface area contributed by atoms with Gasteiger partial charge in [0.25, 0.3) is 10.2 Å². The molecule has 1 heterocycles. The van der Waals surface area contributed by atoms with Crippen LogP contribution in [0.3, 0.4) is 0 Å². The quantitative estimate of drug-likeness (QED) is 0.357. The Balaban J connectivity index is 0.000000205. The van der Waals surface area contributed by atoms with Crippen LogP contribution in [0.2, 0.25) is 0 Å². The van der Waals surface area contributed by atoms with E-state index in [1.54, 1.807) is 28.9 Å². The summed E-state index contributed by atoms with van der Waals surface area (Å²) in [4.78, 5) is 11.3. The minimum absolute atomic E-state index is 0.169. The zero-order valence-electron chi connectivity index (χ0n) is 17.4. The fourth-order valence-corrected chi connectivity index (χ4v) is 3.92. The second-order valence-electron chi connectivity index (χ2n) is 7.04. The Morgan fingerprint density at radius 2 is 1.76 bits per heavy atom. The van der Waals surface area contributed by atoms with E-state index >= 15 is 0 Å². The lowest BCUT2D eigenvalue weighted by atomic mass is 10.1. The highest BCUT2D eigenvalue weighted by Gasteiger charge is 2.17. The number of benzene rings is 3. The Bertz CT molecular complexity index is 1390. The Labute approximate surface area is 198 Å². The molecule has 3 aromatic carbocycles. The predicted octanol–water partition coefficient (Wildman–Crippen LogP) is 3.91. The van der Waals surface area contributed by atoms with Crippen LogP contribution in [0.4, 0.5) is 4.39 Å². The summed E-state index contributed by atoms with van der Waals surface area (Å²) < 4.78 is 38.3. The number of carboxylic acid groups (broad SMARTS) is 1. The number of nitrogens with zero attached hydrogens (tertiary/aromatic N) is 2. The summed E-state index contributed by atoms with van der Waals surface area (Å²) >= 11 is 3.28. The highest BCUT2D eigenvalue weighted by atomic mass is 79.9. The summed E-state index contributed by atoms with van der Waals surface area (Å²) in [6, 6.07) is 18.3. The van der Waals surface area contributed by atoms with Crippen molar-refractivity contribution >= 4 is 43.0 Å². The lowest BCUT2D eigenvalue weighted by Crippen LogP contribution is -2.30. The van der Waals surface area contributed by atoms with Crippen LogP contribution in [-0.2, 0) is 16.8 Å². The van der Waals surface area contributed by atoms with Crippen LogP contribution in [0, 0.1) is 12.7 Å². The molecule has 1 aromatic heterocycles. The molecule has 4 rings (SSSR count). The van der Waals surface area contributed by atoms with Gasteiger partial charge in [0.15, 0.2) is 0 Å². The Kier molecular flexibility index (Phi) is 7.59. The average Bonchev–Trinajstić information content (AvgIpc) is 3.10. The number of rotatable bonds is 5. The summed E-state index contributed by atoms with van der Waals surface area (Å²) in [6.07, 6.45) is 0. The second kappa shape index (κ2) is 10.2. The van der Waals surface area contributed by atoms with Gasteiger partial charge in [-0.2, -0.15) is 18.2 Å². The van der Waals surface area contributed by atoms with Crippen LogP contribution in [0.1, 0.15) is 21.5 Å². The van der Waals surface area contributed by atoms with Crippen LogP contribution < -0.4 is 9.86 Å². The number of aryl methyl sites for hydroxylation is 1. The number of nitrogens with one attached hydrogen (secondary N) is 1. The van der Waals surface area contributed by atoms with Gasteiger partial charge >= 0.3 is 5.97 Å². The van der Waals surface area contributed by atoms with E-state index in [1.807, 2.05) is 31.2 Å². The number of nitrogens with two attached hydrogens (primary N) is 1. The van der Waals surface area contributed by atoms with Gasteiger partial charge in [0.2, 0.25) is 0 Å². The molecule has 0 bridgehead atoms. The third-order valence-corrected chi connectivity index (χ3v) is 5.67. The van der Waals surface area contributed by atoms with E-state index < -0.39 is 16.2 Å². The largest absolute Gasteiger partial charge is 0.478 e. The Morgan fingerprint density at radius 1 is 1.12 bits per heavy atom. The van der Waals surface area contributed by atoms with E-state index in [0.717, 1.165) is 11.1 Å². The summed E-state index contributed by atoms with van der Waals surface area (Å²) in [6.45, 7) is 2.20. The number of aromatic nitrogens is 2. The Morgan fingerprint density at radius 3 is 2.33 bits per heavy atom. The molecule has 0 aliphatic rings. The van der Waals surface area contributed by atoms with Crippen molar-refractivity contribution < 1.29 is 22.7 Å². The molecule has 0 aliphatic heterocycles. The average molecular weight is 535 g/mol. The van der Waals surface area contributed by atoms with Crippen LogP contribution in [0.25, 0.3) is 16.6 Å². The molecule has 0 fully saturated rings. The van der Waals surface area contributed by atoms with Gasteiger partial charge in [-0.25, -0.2) is 19.0 Å². The second-order valence-corrected chi connectivity index (χ2v) is 9.17. The van der Waals surface area contributed by atoms with E-state index in [9.17, 15) is 22.7 Å². The number of hydrogen-bond donors (Lipinski definition) is 3. The Hall–Kier alpha value is -3.12. The van der Waals surface area contributed by atoms with Gasteiger partial charge in [-0.3, -0.25) is 0 Å². The molecule has 172 valence electrons. The van der Waals surface area contributed by atoms with E-state index in [-0.39, 0.29) is 17.9 Å². The third kappa shape index (κ3) is 6.45. The molecule has 0 saturated heterocycles. The van der Waals surface area contributed by atoms with E-state index in [1.165, 1.54) is 18.2 Å². The molecule has 0 saturated carbocycles. The SMILES string of the molecule is Cc1ccc(CNS(N)(=O)=O)cc1.O=C(O)c1cccc2c1c(Br)nn2-c1ccc(F)cc1. The van der Waals surface area contributed by atoms with E-state index in [0.29, 0.717) is 21.2 Å². The lowest BCUT2D eigenvalue weighted by Gasteiger charge is -2.03. The molecule has 4 aromatic rings. The fourth-order valence-electron chi connectivity index (χ4n) is 2.97. The van der Waals surface area contributed by atoms with Crippen molar-refractivity contribution in [1.82, 2.24) is 14.5 Å². The molecule has 0 amide bonds. The zero-order valence-corrected chi connectivity index (χ0v) is 19.8. The van der Waals surface area contributed by atoms with Crippen molar-refractivity contribution in [3.8, 4) is 5.69 Å². The van der Waals surface area contributed by atoms with Gasteiger partial charge < -0.3 is 5.11 Å².